The molecule has 0 saturated carbocycles. The van der Waals surface area contributed by atoms with E-state index in [4.69, 9.17) is 4.42 Å². The molecule has 0 aliphatic carbocycles. The van der Waals surface area contributed by atoms with E-state index in [-0.39, 0.29) is 12.6 Å². The molecule has 1 aromatic rings. The number of hydrogen-bond donors (Lipinski definition) is 3. The van der Waals surface area contributed by atoms with E-state index in [1.807, 2.05) is 0 Å². The minimum absolute atomic E-state index is 0.109. The normalized spacial score (nSPS) is 19.0. The van der Waals surface area contributed by atoms with Crippen LogP contribution >= 0.6 is 0 Å². The molecule has 24 heavy (non-hydrogen) atoms. The summed E-state index contributed by atoms with van der Waals surface area (Å²) in [6.07, 6.45) is 6.17. The van der Waals surface area contributed by atoms with E-state index in [0.717, 1.165) is 25.3 Å². The van der Waals surface area contributed by atoms with Gasteiger partial charge >= 0.3 is 6.03 Å². The summed E-state index contributed by atoms with van der Waals surface area (Å²) in [6.45, 7) is 8.23. The van der Waals surface area contributed by atoms with E-state index in [9.17, 15) is 9.90 Å². The van der Waals surface area contributed by atoms with Crippen molar-refractivity contribution in [3.8, 4) is 0 Å². The minimum Gasteiger partial charge on any atom is -0.466 e. The van der Waals surface area contributed by atoms with Gasteiger partial charge in [-0.15, -0.1) is 0 Å². The van der Waals surface area contributed by atoms with E-state index in [0.29, 0.717) is 12.3 Å². The van der Waals surface area contributed by atoms with Crippen LogP contribution in [0.4, 0.5) is 4.79 Å². The van der Waals surface area contributed by atoms with Crippen molar-refractivity contribution in [1.29, 1.82) is 0 Å². The Labute approximate surface area is 144 Å². The van der Waals surface area contributed by atoms with E-state index in [1.165, 1.54) is 32.2 Å². The van der Waals surface area contributed by atoms with Gasteiger partial charge in [0.15, 0.2) is 0 Å². The molecule has 2 rings (SSSR count). The number of amides is 2. The largest absolute Gasteiger partial charge is 0.466 e. The molecule has 6 nitrogen and oxygen atoms in total. The van der Waals surface area contributed by atoms with Gasteiger partial charge in [-0.3, -0.25) is 0 Å². The monoisotopic (exact) mass is 337 g/mol. The highest BCUT2D eigenvalue weighted by Crippen LogP contribution is 2.19. The Morgan fingerprint density at radius 1 is 1.38 bits per heavy atom. The summed E-state index contributed by atoms with van der Waals surface area (Å²) in [7, 11) is 0. The summed E-state index contributed by atoms with van der Waals surface area (Å²) in [5.74, 6) is 1.31. The molecule has 6 heteroatoms. The molecule has 136 valence electrons. The van der Waals surface area contributed by atoms with Crippen LogP contribution in [0.5, 0.6) is 0 Å². The lowest BCUT2D eigenvalue weighted by atomic mass is 9.99. The van der Waals surface area contributed by atoms with Gasteiger partial charge in [-0.05, 0) is 70.3 Å². The van der Waals surface area contributed by atoms with Crippen LogP contribution in [0.15, 0.2) is 22.8 Å². The lowest BCUT2D eigenvalue weighted by Gasteiger charge is -2.30. The summed E-state index contributed by atoms with van der Waals surface area (Å²) in [5.41, 5.74) is -1.20. The number of aliphatic hydroxyl groups is 1. The molecule has 1 saturated heterocycles. The lowest BCUT2D eigenvalue weighted by molar-refractivity contribution is 0.0367. The number of carbonyl (C=O) groups is 1. The first-order valence-corrected chi connectivity index (χ1v) is 8.98. The van der Waals surface area contributed by atoms with Crippen molar-refractivity contribution in [3.63, 3.8) is 0 Å². The molecule has 1 fully saturated rings. The van der Waals surface area contributed by atoms with Gasteiger partial charge in [0.1, 0.15) is 11.4 Å². The number of furan rings is 1. The maximum Gasteiger partial charge on any atom is 0.314 e. The van der Waals surface area contributed by atoms with Crippen molar-refractivity contribution >= 4 is 6.03 Å². The van der Waals surface area contributed by atoms with Gasteiger partial charge in [-0.25, -0.2) is 4.79 Å². The highest BCUT2D eigenvalue weighted by atomic mass is 16.4. The van der Waals surface area contributed by atoms with Gasteiger partial charge in [0.25, 0.3) is 0 Å². The molecule has 1 aliphatic heterocycles. The zero-order valence-electron chi connectivity index (χ0n) is 14.9. The van der Waals surface area contributed by atoms with Gasteiger partial charge in [0.2, 0.25) is 0 Å². The average molecular weight is 337 g/mol. The second-order valence-electron chi connectivity index (χ2n) is 7.09. The van der Waals surface area contributed by atoms with Gasteiger partial charge in [0.05, 0.1) is 12.8 Å². The number of urea groups is 1. The average Bonchev–Trinajstić information content (AvgIpc) is 3.10. The van der Waals surface area contributed by atoms with Gasteiger partial charge in [-0.1, -0.05) is 6.92 Å². The summed E-state index contributed by atoms with van der Waals surface area (Å²) < 4.78 is 5.18. The molecule has 2 heterocycles. The summed E-state index contributed by atoms with van der Waals surface area (Å²) in [6, 6.07) is 3.15. The predicted octanol–water partition coefficient (Wildman–Crippen LogP) is 2.30. The molecule has 1 aliphatic rings. The summed E-state index contributed by atoms with van der Waals surface area (Å²) in [4.78, 5) is 14.3. The van der Waals surface area contributed by atoms with E-state index >= 15 is 0 Å². The fourth-order valence-corrected chi connectivity index (χ4v) is 2.94. The van der Waals surface area contributed by atoms with Crippen LogP contribution < -0.4 is 10.6 Å². The number of piperidine rings is 1. The Balaban J connectivity index is 1.52. The van der Waals surface area contributed by atoms with Gasteiger partial charge in [-0.2, -0.15) is 0 Å². The number of hydrogen-bond acceptors (Lipinski definition) is 4. The predicted molar refractivity (Wildman–Crippen MR) is 93.8 cm³/mol. The molecular weight excluding hydrogens is 306 g/mol. The number of nitrogens with zero attached hydrogens (tertiary/aromatic N) is 1. The maximum atomic E-state index is 11.8. The number of nitrogens with one attached hydrogen (secondary N) is 2. The molecule has 1 unspecified atom stereocenters. The first-order valence-electron chi connectivity index (χ1n) is 8.98. The third kappa shape index (κ3) is 6.17. The fourth-order valence-electron chi connectivity index (χ4n) is 2.94. The summed E-state index contributed by atoms with van der Waals surface area (Å²) in [5, 5.41) is 15.8. The van der Waals surface area contributed by atoms with E-state index in [1.54, 1.807) is 19.1 Å². The molecule has 1 aromatic heterocycles. The van der Waals surface area contributed by atoms with Crippen LogP contribution in [-0.2, 0) is 5.60 Å². The summed E-state index contributed by atoms with van der Waals surface area (Å²) >= 11 is 0. The van der Waals surface area contributed by atoms with Crippen LogP contribution in [0.25, 0.3) is 0 Å². The zero-order valence-corrected chi connectivity index (χ0v) is 14.9. The van der Waals surface area contributed by atoms with Crippen molar-refractivity contribution < 1.29 is 14.3 Å². The van der Waals surface area contributed by atoms with Crippen molar-refractivity contribution in [2.24, 2.45) is 5.92 Å². The molecule has 2 amide bonds. The second-order valence-corrected chi connectivity index (χ2v) is 7.09. The SMILES string of the molecule is CC1CCN(CCCCNC(=O)NCC(C)(O)c2ccco2)CC1. The Morgan fingerprint density at radius 2 is 2.12 bits per heavy atom. The van der Waals surface area contributed by atoms with Gasteiger partial charge < -0.3 is 25.1 Å². The van der Waals surface area contributed by atoms with E-state index < -0.39 is 5.60 Å². The first kappa shape index (κ1) is 18.8. The fraction of sp³-hybridized carbons (Fsp3) is 0.722. The van der Waals surface area contributed by atoms with Gasteiger partial charge in [0, 0.05) is 6.54 Å². The highest BCUT2D eigenvalue weighted by molar-refractivity contribution is 5.73. The van der Waals surface area contributed by atoms with Crippen LogP contribution in [0.2, 0.25) is 0 Å². The lowest BCUT2D eigenvalue weighted by Crippen LogP contribution is -2.43. The van der Waals surface area contributed by atoms with Crippen LogP contribution in [-0.4, -0.2) is 48.8 Å². The van der Waals surface area contributed by atoms with Crippen LogP contribution in [0.3, 0.4) is 0 Å². The first-order chi connectivity index (χ1) is 11.5. The third-order valence-electron chi connectivity index (χ3n) is 4.71. The molecule has 0 radical (unpaired) electrons. The molecule has 1 atom stereocenters. The minimum atomic E-state index is -1.20. The number of likely N-dealkylation sites (tertiary alicyclic amines) is 1. The number of unbranched alkanes of at least 4 members (excludes halogenated alkanes) is 1. The molecule has 0 spiro atoms. The molecule has 0 bridgehead atoms. The van der Waals surface area contributed by atoms with E-state index in [2.05, 4.69) is 22.5 Å². The van der Waals surface area contributed by atoms with Crippen molar-refractivity contribution in [1.82, 2.24) is 15.5 Å². The number of rotatable bonds is 8. The Hall–Kier alpha value is -1.53. The van der Waals surface area contributed by atoms with Crippen LogP contribution in [0, 0.1) is 5.92 Å². The second kappa shape index (κ2) is 9.08. The Kier molecular flexibility index (Phi) is 7.12. The molecule has 0 aromatic carbocycles. The Morgan fingerprint density at radius 3 is 2.79 bits per heavy atom. The molecule has 3 N–H and O–H groups in total. The van der Waals surface area contributed by atoms with Crippen molar-refractivity contribution in [2.75, 3.05) is 32.7 Å². The third-order valence-corrected chi connectivity index (χ3v) is 4.71. The van der Waals surface area contributed by atoms with Crippen molar-refractivity contribution in [2.45, 2.75) is 45.1 Å². The van der Waals surface area contributed by atoms with Crippen molar-refractivity contribution in [3.05, 3.63) is 24.2 Å². The van der Waals surface area contributed by atoms with Crippen LogP contribution in [0.1, 0.15) is 45.3 Å². The smallest absolute Gasteiger partial charge is 0.314 e. The zero-order chi connectivity index (χ0) is 17.4. The Bertz CT molecular complexity index is 480. The standard InChI is InChI=1S/C18H31N3O3/c1-15-7-11-21(12-8-15)10-4-3-9-19-17(22)20-14-18(2,23)16-6-5-13-24-16/h5-6,13,15,23H,3-4,7-12,14H2,1-2H3,(H2,19,20,22). The quantitative estimate of drug-likeness (QED) is 0.636. The maximum absolute atomic E-state index is 11.8. The molecular formula is C18H31N3O3. The highest BCUT2D eigenvalue weighted by Gasteiger charge is 2.26. The topological polar surface area (TPSA) is 77.7 Å². The number of carbonyl (C=O) groups excluding carboxylic acids is 1.